The van der Waals surface area contributed by atoms with Gasteiger partial charge in [0.2, 0.25) is 0 Å². The highest BCUT2D eigenvalue weighted by Gasteiger charge is 2.19. The van der Waals surface area contributed by atoms with Crippen LogP contribution in [-0.4, -0.2) is 27.9 Å². The molecular weight excluding hydrogens is 204 g/mol. The van der Waals surface area contributed by atoms with Gasteiger partial charge in [-0.15, -0.1) is 11.3 Å². The van der Waals surface area contributed by atoms with Gasteiger partial charge in [0.15, 0.2) is 0 Å². The van der Waals surface area contributed by atoms with E-state index < -0.39 is 12.0 Å². The van der Waals surface area contributed by atoms with Crippen LogP contribution in [0, 0.1) is 0 Å². The van der Waals surface area contributed by atoms with Crippen LogP contribution in [0.4, 0.5) is 5.82 Å². The van der Waals surface area contributed by atoms with E-state index in [0.717, 1.165) is 0 Å². The van der Waals surface area contributed by atoms with E-state index in [2.05, 4.69) is 10.3 Å². The van der Waals surface area contributed by atoms with E-state index in [1.54, 1.807) is 10.9 Å². The Morgan fingerprint density at radius 3 is 2.86 bits per heavy atom. The molecule has 1 aromatic rings. The van der Waals surface area contributed by atoms with Crippen molar-refractivity contribution >= 4 is 28.9 Å². The zero-order valence-corrected chi connectivity index (χ0v) is 8.37. The lowest BCUT2D eigenvalue weighted by Crippen LogP contribution is -2.31. The summed E-state index contributed by atoms with van der Waals surface area (Å²) in [6.07, 6.45) is -0.0349. The number of rotatable bonds is 5. The molecule has 0 aromatic carbocycles. The minimum atomic E-state index is -1.05. The van der Waals surface area contributed by atoms with Crippen LogP contribution in [0.5, 0.6) is 0 Å². The van der Waals surface area contributed by atoms with Crippen LogP contribution in [0.15, 0.2) is 10.9 Å². The Labute approximate surface area is 84.8 Å². The van der Waals surface area contributed by atoms with Crippen molar-refractivity contribution in [3.8, 4) is 0 Å². The molecule has 14 heavy (non-hydrogen) atoms. The summed E-state index contributed by atoms with van der Waals surface area (Å²) >= 11 is 1.36. The Hall–Kier alpha value is -1.43. The van der Waals surface area contributed by atoms with Crippen LogP contribution in [0.1, 0.15) is 13.3 Å². The van der Waals surface area contributed by atoms with Gasteiger partial charge < -0.3 is 10.4 Å². The normalized spacial score (nSPS) is 12.1. The van der Waals surface area contributed by atoms with Crippen LogP contribution in [0.25, 0.3) is 0 Å². The number of carbonyl (C=O) groups excluding carboxylic acids is 1. The zero-order chi connectivity index (χ0) is 10.6. The molecule has 1 atom stereocenters. The van der Waals surface area contributed by atoms with Crippen LogP contribution in [-0.2, 0) is 9.59 Å². The van der Waals surface area contributed by atoms with Gasteiger partial charge in [-0.05, 0) is 6.92 Å². The molecule has 6 heteroatoms. The highest BCUT2D eigenvalue weighted by atomic mass is 32.1. The molecule has 76 valence electrons. The van der Waals surface area contributed by atoms with E-state index in [1.165, 1.54) is 18.3 Å². The number of carbonyl (C=O) groups is 2. The molecule has 0 aliphatic carbocycles. The Kier molecular flexibility index (Phi) is 3.58. The first kappa shape index (κ1) is 10.6. The summed E-state index contributed by atoms with van der Waals surface area (Å²) in [5, 5.41) is 13.1. The maximum Gasteiger partial charge on any atom is 0.326 e. The monoisotopic (exact) mass is 214 g/mol. The molecule has 5 nitrogen and oxygen atoms in total. The second-order valence-corrected chi connectivity index (χ2v) is 3.53. The topological polar surface area (TPSA) is 79.3 Å². The van der Waals surface area contributed by atoms with E-state index in [4.69, 9.17) is 5.11 Å². The van der Waals surface area contributed by atoms with E-state index in [0.29, 0.717) is 5.82 Å². The maximum atomic E-state index is 10.8. The molecule has 0 spiro atoms. The largest absolute Gasteiger partial charge is 0.480 e. The van der Waals surface area contributed by atoms with Crippen LogP contribution >= 0.6 is 11.3 Å². The Morgan fingerprint density at radius 1 is 1.71 bits per heavy atom. The zero-order valence-electron chi connectivity index (χ0n) is 7.56. The van der Waals surface area contributed by atoms with Gasteiger partial charge in [-0.2, -0.15) is 0 Å². The molecule has 0 saturated carbocycles. The number of carboxylic acid groups (broad SMARTS) is 1. The number of carboxylic acids is 1. The summed E-state index contributed by atoms with van der Waals surface area (Å²) in [5.74, 6) is -0.725. The van der Waals surface area contributed by atoms with E-state index in [1.807, 2.05) is 0 Å². The predicted molar refractivity (Wildman–Crippen MR) is 52.5 cm³/mol. The molecule has 0 aliphatic rings. The Morgan fingerprint density at radius 2 is 2.43 bits per heavy atom. The standard InChI is InChI=1S/C8H10N2O3S/c1-5(11)2-6(8(12)13)10-7-3-14-4-9-7/h3-4,6,10H,2H2,1H3,(H,12,13)/t6-/m0/s1. The number of aliphatic carboxylic acids is 1. The van der Waals surface area contributed by atoms with Crippen LogP contribution in [0.3, 0.4) is 0 Å². The Balaban J connectivity index is 2.60. The molecule has 0 fully saturated rings. The van der Waals surface area contributed by atoms with Crippen molar-refractivity contribution in [2.75, 3.05) is 5.32 Å². The first-order chi connectivity index (χ1) is 6.59. The number of Topliss-reactive ketones (excluding diaryl/α,β-unsaturated/α-hetero) is 1. The van der Waals surface area contributed by atoms with Crippen molar-refractivity contribution in [2.24, 2.45) is 0 Å². The molecule has 0 saturated heterocycles. The van der Waals surface area contributed by atoms with Gasteiger partial charge in [0.1, 0.15) is 17.6 Å². The van der Waals surface area contributed by atoms with Gasteiger partial charge in [0, 0.05) is 11.8 Å². The van der Waals surface area contributed by atoms with Crippen molar-refractivity contribution in [1.82, 2.24) is 4.98 Å². The molecular formula is C8H10N2O3S. The molecule has 2 N–H and O–H groups in total. The quantitative estimate of drug-likeness (QED) is 0.764. The summed E-state index contributed by atoms with van der Waals surface area (Å²) in [5.41, 5.74) is 1.59. The number of nitrogens with one attached hydrogen (secondary N) is 1. The summed E-state index contributed by atoms with van der Waals surface area (Å²) in [6, 6.07) is -0.894. The third-order valence-corrected chi connectivity index (χ3v) is 2.13. The highest BCUT2D eigenvalue weighted by Crippen LogP contribution is 2.10. The van der Waals surface area contributed by atoms with Gasteiger partial charge >= 0.3 is 5.97 Å². The fourth-order valence-electron chi connectivity index (χ4n) is 0.950. The number of hydrogen-bond donors (Lipinski definition) is 2. The third kappa shape index (κ3) is 3.14. The van der Waals surface area contributed by atoms with Crippen molar-refractivity contribution in [3.05, 3.63) is 10.9 Å². The van der Waals surface area contributed by atoms with Crippen LogP contribution < -0.4 is 5.32 Å². The van der Waals surface area contributed by atoms with E-state index in [-0.39, 0.29) is 12.2 Å². The molecule has 1 aromatic heterocycles. The first-order valence-corrected chi connectivity index (χ1v) is 4.91. The lowest BCUT2D eigenvalue weighted by Gasteiger charge is -2.11. The smallest absolute Gasteiger partial charge is 0.326 e. The number of ketones is 1. The average Bonchev–Trinajstić information content (AvgIpc) is 2.54. The summed E-state index contributed by atoms with van der Waals surface area (Å²) < 4.78 is 0. The van der Waals surface area contributed by atoms with E-state index in [9.17, 15) is 9.59 Å². The second kappa shape index (κ2) is 4.71. The van der Waals surface area contributed by atoms with Gasteiger partial charge in [0.25, 0.3) is 0 Å². The molecule has 0 bridgehead atoms. The fourth-order valence-corrected chi connectivity index (χ4v) is 1.44. The number of anilines is 1. The molecule has 0 unspecified atom stereocenters. The van der Waals surface area contributed by atoms with Crippen molar-refractivity contribution in [2.45, 2.75) is 19.4 Å². The van der Waals surface area contributed by atoms with Crippen LogP contribution in [0.2, 0.25) is 0 Å². The molecule has 1 heterocycles. The third-order valence-electron chi connectivity index (χ3n) is 1.54. The first-order valence-electron chi connectivity index (χ1n) is 3.96. The number of nitrogens with zero attached hydrogens (tertiary/aromatic N) is 1. The molecule has 0 aliphatic heterocycles. The van der Waals surface area contributed by atoms with Gasteiger partial charge in [-0.25, -0.2) is 9.78 Å². The maximum absolute atomic E-state index is 10.8. The van der Waals surface area contributed by atoms with Crippen molar-refractivity contribution < 1.29 is 14.7 Å². The molecule has 1 rings (SSSR count). The van der Waals surface area contributed by atoms with Gasteiger partial charge in [0.05, 0.1) is 5.51 Å². The number of hydrogen-bond acceptors (Lipinski definition) is 5. The SMILES string of the molecule is CC(=O)C[C@H](Nc1cscn1)C(=O)O. The summed E-state index contributed by atoms with van der Waals surface area (Å²) in [6.45, 7) is 1.36. The lowest BCUT2D eigenvalue weighted by molar-refractivity contribution is -0.139. The van der Waals surface area contributed by atoms with Crippen molar-refractivity contribution in [3.63, 3.8) is 0 Å². The number of thiazole rings is 1. The predicted octanol–water partition coefficient (Wildman–Crippen LogP) is 0.987. The summed E-state index contributed by atoms with van der Waals surface area (Å²) in [4.78, 5) is 25.4. The lowest BCUT2D eigenvalue weighted by atomic mass is 10.1. The summed E-state index contributed by atoms with van der Waals surface area (Å²) in [7, 11) is 0. The Bertz CT molecular complexity index is 323. The van der Waals surface area contributed by atoms with Gasteiger partial charge in [-0.1, -0.05) is 0 Å². The van der Waals surface area contributed by atoms with Crippen molar-refractivity contribution in [1.29, 1.82) is 0 Å². The minimum Gasteiger partial charge on any atom is -0.480 e. The van der Waals surface area contributed by atoms with E-state index >= 15 is 0 Å². The fraction of sp³-hybridized carbons (Fsp3) is 0.375. The minimum absolute atomic E-state index is 0.0349. The number of aromatic nitrogens is 1. The highest BCUT2D eigenvalue weighted by molar-refractivity contribution is 7.07. The molecule has 0 radical (unpaired) electrons. The van der Waals surface area contributed by atoms with Gasteiger partial charge in [-0.3, -0.25) is 4.79 Å². The molecule has 0 amide bonds. The second-order valence-electron chi connectivity index (χ2n) is 2.81. The average molecular weight is 214 g/mol.